The number of carboxylic acids is 1. The third kappa shape index (κ3) is 2.85. The van der Waals surface area contributed by atoms with Gasteiger partial charge < -0.3 is 9.63 Å². The van der Waals surface area contributed by atoms with Gasteiger partial charge in [0.25, 0.3) is 0 Å². The van der Waals surface area contributed by atoms with Gasteiger partial charge in [-0.1, -0.05) is 12.1 Å². The fraction of sp³-hybridized carbons (Fsp3) is 0.667. The molecule has 0 amide bonds. The minimum atomic E-state index is -0.783. The van der Waals surface area contributed by atoms with E-state index in [-0.39, 0.29) is 12.6 Å². The number of carboxylic acid groups (broad SMARTS) is 1. The van der Waals surface area contributed by atoms with Crippen LogP contribution in [0.1, 0.15) is 43.7 Å². The molecule has 1 aromatic heterocycles. The average Bonchev–Trinajstić information content (AvgIpc) is 2.86. The minimum absolute atomic E-state index is 0.0840. The number of rotatable bonds is 5. The van der Waals surface area contributed by atoms with Gasteiger partial charge in [-0.2, -0.15) is 0 Å². The fourth-order valence-electron chi connectivity index (χ4n) is 2.37. The highest BCUT2D eigenvalue weighted by Gasteiger charge is 2.29. The molecule has 1 atom stereocenters. The van der Waals surface area contributed by atoms with E-state index in [1.807, 2.05) is 11.0 Å². The predicted octanol–water partition coefficient (Wildman–Crippen LogP) is 1.85. The van der Waals surface area contributed by atoms with Gasteiger partial charge in [0.05, 0.1) is 12.6 Å². The molecule has 1 aromatic rings. The summed E-state index contributed by atoms with van der Waals surface area (Å²) in [5.74, 6) is 0.110. The lowest BCUT2D eigenvalue weighted by atomic mass is 10.1. The number of hydrogen-bond donors (Lipinski definition) is 1. The molecule has 1 aliphatic rings. The molecule has 0 aromatic carbocycles. The third-order valence-electron chi connectivity index (χ3n) is 3.12. The molecule has 1 fully saturated rings. The van der Waals surface area contributed by atoms with Crippen LogP contribution in [0, 0.1) is 0 Å². The summed E-state index contributed by atoms with van der Waals surface area (Å²) in [5.41, 5.74) is 0.882. The lowest BCUT2D eigenvalue weighted by Gasteiger charge is -2.19. The molecule has 0 bridgehead atoms. The van der Waals surface area contributed by atoms with Crippen LogP contribution in [0.3, 0.4) is 0 Å². The summed E-state index contributed by atoms with van der Waals surface area (Å²) in [6, 6.07) is 2.08. The molecule has 0 aliphatic carbocycles. The molecule has 5 nitrogen and oxygen atoms in total. The maximum atomic E-state index is 10.8. The Kier molecular flexibility index (Phi) is 3.78. The summed E-state index contributed by atoms with van der Waals surface area (Å²) in [7, 11) is 0. The van der Waals surface area contributed by atoms with Crippen molar-refractivity contribution in [3.63, 3.8) is 0 Å². The zero-order chi connectivity index (χ0) is 12.3. The van der Waals surface area contributed by atoms with E-state index in [0.29, 0.717) is 0 Å². The Morgan fingerprint density at radius 2 is 2.53 bits per heavy atom. The van der Waals surface area contributed by atoms with E-state index < -0.39 is 5.97 Å². The number of hydrogen-bond acceptors (Lipinski definition) is 4. The van der Waals surface area contributed by atoms with Crippen molar-refractivity contribution in [2.24, 2.45) is 0 Å². The maximum absolute atomic E-state index is 10.8. The molecule has 1 N–H and O–H groups in total. The van der Waals surface area contributed by atoms with Gasteiger partial charge in [-0.3, -0.25) is 9.69 Å². The zero-order valence-electron chi connectivity index (χ0n) is 10.1. The smallest absolute Gasteiger partial charge is 0.317 e. The van der Waals surface area contributed by atoms with Crippen molar-refractivity contribution in [1.82, 2.24) is 10.1 Å². The molecule has 0 spiro atoms. The molecule has 94 valence electrons. The highest BCUT2D eigenvalue weighted by Crippen LogP contribution is 2.31. The molecule has 1 saturated heterocycles. The number of aliphatic carboxylic acids is 1. The lowest BCUT2D eigenvalue weighted by Crippen LogP contribution is -2.29. The van der Waals surface area contributed by atoms with E-state index in [1.165, 1.54) is 0 Å². The van der Waals surface area contributed by atoms with Gasteiger partial charge in [-0.15, -0.1) is 0 Å². The molecule has 1 aliphatic heterocycles. The predicted molar refractivity (Wildman–Crippen MR) is 61.7 cm³/mol. The van der Waals surface area contributed by atoms with Crippen LogP contribution >= 0.6 is 0 Å². The van der Waals surface area contributed by atoms with Gasteiger partial charge >= 0.3 is 5.97 Å². The van der Waals surface area contributed by atoms with Crippen LogP contribution in [0.5, 0.6) is 0 Å². The number of carbonyl (C=O) groups is 1. The van der Waals surface area contributed by atoms with Crippen LogP contribution in [0.2, 0.25) is 0 Å². The SMILES string of the molecule is CCCc1cc([C@H]2CCCN2CC(=O)O)no1. The van der Waals surface area contributed by atoms with Crippen LogP contribution in [-0.4, -0.2) is 34.2 Å². The second-order valence-electron chi connectivity index (χ2n) is 4.49. The van der Waals surface area contributed by atoms with E-state index >= 15 is 0 Å². The summed E-state index contributed by atoms with van der Waals surface area (Å²) in [6.07, 6.45) is 3.90. The molecule has 0 radical (unpaired) electrons. The Bertz CT molecular complexity index is 389. The Hall–Kier alpha value is -1.36. The standard InChI is InChI=1S/C12H18N2O3/c1-2-4-9-7-10(13-17-9)11-5-3-6-14(11)8-12(15)16/h7,11H,2-6,8H2,1H3,(H,15,16)/t11-/m1/s1. The molecule has 2 heterocycles. The average molecular weight is 238 g/mol. The van der Waals surface area contributed by atoms with Crippen molar-refractivity contribution in [2.75, 3.05) is 13.1 Å². The Morgan fingerprint density at radius 3 is 3.24 bits per heavy atom. The second kappa shape index (κ2) is 5.31. The largest absolute Gasteiger partial charge is 0.480 e. The Labute approximate surface area is 100 Å². The molecular weight excluding hydrogens is 220 g/mol. The van der Waals surface area contributed by atoms with Crippen LogP contribution < -0.4 is 0 Å². The van der Waals surface area contributed by atoms with Crippen molar-refractivity contribution < 1.29 is 14.4 Å². The molecule has 0 saturated carbocycles. The Morgan fingerprint density at radius 1 is 1.71 bits per heavy atom. The molecule has 17 heavy (non-hydrogen) atoms. The molecule has 0 unspecified atom stereocenters. The van der Waals surface area contributed by atoms with Crippen molar-refractivity contribution in [2.45, 2.75) is 38.6 Å². The Balaban J connectivity index is 2.06. The van der Waals surface area contributed by atoms with Gasteiger partial charge in [0, 0.05) is 12.5 Å². The quantitative estimate of drug-likeness (QED) is 0.848. The van der Waals surface area contributed by atoms with Crippen LogP contribution in [0.15, 0.2) is 10.6 Å². The molecule has 5 heteroatoms. The molecular formula is C12H18N2O3. The summed E-state index contributed by atoms with van der Waals surface area (Å²) in [4.78, 5) is 12.7. The molecule has 2 rings (SSSR count). The van der Waals surface area contributed by atoms with Gasteiger partial charge in [-0.05, 0) is 25.8 Å². The number of aromatic nitrogens is 1. The zero-order valence-corrected chi connectivity index (χ0v) is 10.1. The van der Waals surface area contributed by atoms with E-state index in [0.717, 1.165) is 43.7 Å². The first kappa shape index (κ1) is 12.1. The monoisotopic (exact) mass is 238 g/mol. The minimum Gasteiger partial charge on any atom is -0.480 e. The van der Waals surface area contributed by atoms with E-state index in [9.17, 15) is 4.79 Å². The first-order valence-electron chi connectivity index (χ1n) is 6.12. The second-order valence-corrected chi connectivity index (χ2v) is 4.49. The van der Waals surface area contributed by atoms with Crippen molar-refractivity contribution >= 4 is 5.97 Å². The van der Waals surface area contributed by atoms with Crippen molar-refractivity contribution in [3.05, 3.63) is 17.5 Å². The fourth-order valence-corrected chi connectivity index (χ4v) is 2.37. The summed E-state index contributed by atoms with van der Waals surface area (Å²) >= 11 is 0. The van der Waals surface area contributed by atoms with Crippen LogP contribution in [0.4, 0.5) is 0 Å². The van der Waals surface area contributed by atoms with Gasteiger partial charge in [0.15, 0.2) is 0 Å². The van der Waals surface area contributed by atoms with Crippen molar-refractivity contribution in [1.29, 1.82) is 0 Å². The normalized spacial score (nSPS) is 20.9. The van der Waals surface area contributed by atoms with Crippen LogP contribution in [-0.2, 0) is 11.2 Å². The van der Waals surface area contributed by atoms with Gasteiger partial charge in [0.2, 0.25) is 0 Å². The summed E-state index contributed by atoms with van der Waals surface area (Å²) in [6.45, 7) is 3.00. The number of aryl methyl sites for hydroxylation is 1. The summed E-state index contributed by atoms with van der Waals surface area (Å²) in [5, 5.41) is 12.9. The third-order valence-corrected chi connectivity index (χ3v) is 3.12. The van der Waals surface area contributed by atoms with E-state index in [2.05, 4.69) is 12.1 Å². The van der Waals surface area contributed by atoms with Gasteiger partial charge in [-0.25, -0.2) is 0 Å². The van der Waals surface area contributed by atoms with Gasteiger partial charge in [0.1, 0.15) is 11.5 Å². The number of nitrogens with zero attached hydrogens (tertiary/aromatic N) is 2. The maximum Gasteiger partial charge on any atom is 0.317 e. The lowest BCUT2D eigenvalue weighted by molar-refractivity contribution is -0.138. The van der Waals surface area contributed by atoms with E-state index in [1.54, 1.807) is 0 Å². The van der Waals surface area contributed by atoms with E-state index in [4.69, 9.17) is 9.63 Å². The highest BCUT2D eigenvalue weighted by molar-refractivity contribution is 5.69. The first-order valence-corrected chi connectivity index (χ1v) is 6.12. The number of likely N-dealkylation sites (tertiary alicyclic amines) is 1. The topological polar surface area (TPSA) is 66.6 Å². The van der Waals surface area contributed by atoms with Crippen molar-refractivity contribution in [3.8, 4) is 0 Å². The van der Waals surface area contributed by atoms with Crippen LogP contribution in [0.25, 0.3) is 0 Å². The summed E-state index contributed by atoms with van der Waals surface area (Å²) < 4.78 is 5.25. The first-order chi connectivity index (χ1) is 8.20. The highest BCUT2D eigenvalue weighted by atomic mass is 16.5.